The van der Waals surface area contributed by atoms with Crippen LogP contribution in [0.2, 0.25) is 0 Å². The number of imidazole rings is 1. The summed E-state index contributed by atoms with van der Waals surface area (Å²) in [5.41, 5.74) is 5.75. The first kappa shape index (κ1) is 22.7. The maximum Gasteiger partial charge on any atom is 0.133 e. The Morgan fingerprint density at radius 1 is 0.970 bits per heavy atom. The summed E-state index contributed by atoms with van der Waals surface area (Å²) >= 11 is 0. The Hall–Kier alpha value is -3.53. The van der Waals surface area contributed by atoms with Gasteiger partial charge in [0.2, 0.25) is 0 Å². The van der Waals surface area contributed by atoms with Gasteiger partial charge in [-0.25, -0.2) is 4.98 Å². The van der Waals surface area contributed by atoms with Crippen molar-refractivity contribution < 1.29 is 9.47 Å². The van der Waals surface area contributed by atoms with Crippen LogP contribution in [0, 0.1) is 6.92 Å². The monoisotopic (exact) mass is 440 g/mol. The Balaban J connectivity index is 1.49. The predicted molar refractivity (Wildman–Crippen MR) is 137 cm³/mol. The number of fused-ring (bicyclic) bond motifs is 1. The van der Waals surface area contributed by atoms with Crippen molar-refractivity contribution in [2.75, 3.05) is 13.7 Å². The van der Waals surface area contributed by atoms with Crippen molar-refractivity contribution in [2.45, 2.75) is 39.7 Å². The van der Waals surface area contributed by atoms with Crippen LogP contribution in [-0.2, 0) is 6.54 Å². The SMILES string of the molecule is COc1ccc(/C=C/c2nc3ccccc3n2CCCOc2cc(C)ccc2C(C)C)cc1. The molecule has 0 atom stereocenters. The molecule has 4 nitrogen and oxygen atoms in total. The molecule has 1 heterocycles. The van der Waals surface area contributed by atoms with E-state index in [0.717, 1.165) is 46.9 Å². The number of nitrogens with zero attached hydrogens (tertiary/aromatic N) is 2. The molecule has 0 bridgehead atoms. The van der Waals surface area contributed by atoms with Gasteiger partial charge in [0.05, 0.1) is 24.8 Å². The van der Waals surface area contributed by atoms with Gasteiger partial charge >= 0.3 is 0 Å². The highest BCUT2D eigenvalue weighted by molar-refractivity contribution is 5.79. The Kier molecular flexibility index (Phi) is 7.13. The van der Waals surface area contributed by atoms with Crippen LogP contribution >= 0.6 is 0 Å². The number of hydrogen-bond acceptors (Lipinski definition) is 3. The van der Waals surface area contributed by atoms with Gasteiger partial charge in [0.15, 0.2) is 0 Å². The molecule has 0 saturated heterocycles. The van der Waals surface area contributed by atoms with Crippen molar-refractivity contribution in [1.82, 2.24) is 9.55 Å². The van der Waals surface area contributed by atoms with Gasteiger partial charge in [-0.2, -0.15) is 0 Å². The van der Waals surface area contributed by atoms with E-state index in [1.807, 2.05) is 30.3 Å². The molecule has 0 spiro atoms. The summed E-state index contributed by atoms with van der Waals surface area (Å²) in [7, 11) is 1.68. The molecule has 33 heavy (non-hydrogen) atoms. The van der Waals surface area contributed by atoms with Crippen molar-refractivity contribution in [3.05, 3.63) is 89.2 Å². The zero-order valence-corrected chi connectivity index (χ0v) is 19.9. The molecular weight excluding hydrogens is 408 g/mol. The van der Waals surface area contributed by atoms with Crippen LogP contribution in [0.5, 0.6) is 11.5 Å². The molecule has 0 N–H and O–H groups in total. The summed E-state index contributed by atoms with van der Waals surface area (Å²) < 4.78 is 13.7. The van der Waals surface area contributed by atoms with Crippen LogP contribution in [-0.4, -0.2) is 23.3 Å². The van der Waals surface area contributed by atoms with Crippen molar-refractivity contribution in [3.8, 4) is 11.5 Å². The Bertz CT molecular complexity index is 1240. The van der Waals surface area contributed by atoms with Gasteiger partial charge < -0.3 is 14.0 Å². The summed E-state index contributed by atoms with van der Waals surface area (Å²) in [5.74, 6) is 3.24. The number of benzene rings is 3. The fraction of sp³-hybridized carbons (Fsp3) is 0.276. The van der Waals surface area contributed by atoms with Gasteiger partial charge in [-0.05, 0) is 72.4 Å². The van der Waals surface area contributed by atoms with E-state index >= 15 is 0 Å². The third-order valence-corrected chi connectivity index (χ3v) is 5.80. The van der Waals surface area contributed by atoms with E-state index in [1.54, 1.807) is 7.11 Å². The zero-order chi connectivity index (χ0) is 23.2. The van der Waals surface area contributed by atoms with Crippen LogP contribution in [0.1, 0.15) is 48.7 Å². The molecule has 3 aromatic carbocycles. The number of aromatic nitrogens is 2. The normalized spacial score (nSPS) is 11.5. The van der Waals surface area contributed by atoms with E-state index in [1.165, 1.54) is 11.1 Å². The van der Waals surface area contributed by atoms with Crippen LogP contribution < -0.4 is 9.47 Å². The lowest BCUT2D eigenvalue weighted by Gasteiger charge is -2.15. The number of aryl methyl sites for hydroxylation is 2. The van der Waals surface area contributed by atoms with E-state index in [2.05, 4.69) is 73.9 Å². The second-order valence-corrected chi connectivity index (χ2v) is 8.61. The molecule has 0 saturated carbocycles. The first-order chi connectivity index (χ1) is 16.0. The first-order valence-electron chi connectivity index (χ1n) is 11.6. The number of rotatable bonds is 9. The minimum atomic E-state index is 0.438. The highest BCUT2D eigenvalue weighted by Gasteiger charge is 2.10. The third kappa shape index (κ3) is 5.46. The predicted octanol–water partition coefficient (Wildman–Crippen LogP) is 7.12. The van der Waals surface area contributed by atoms with Crippen molar-refractivity contribution in [3.63, 3.8) is 0 Å². The van der Waals surface area contributed by atoms with E-state index in [9.17, 15) is 0 Å². The van der Waals surface area contributed by atoms with Gasteiger partial charge in [0.25, 0.3) is 0 Å². The molecule has 0 aliphatic carbocycles. The molecule has 0 fully saturated rings. The lowest BCUT2D eigenvalue weighted by Crippen LogP contribution is -2.07. The van der Waals surface area contributed by atoms with Crippen LogP contribution in [0.25, 0.3) is 23.2 Å². The first-order valence-corrected chi connectivity index (χ1v) is 11.6. The molecule has 170 valence electrons. The molecule has 4 aromatic rings. The molecule has 0 aliphatic heterocycles. The van der Waals surface area contributed by atoms with Crippen molar-refractivity contribution >= 4 is 23.2 Å². The Labute approximate surface area is 196 Å². The molecule has 1 aromatic heterocycles. The van der Waals surface area contributed by atoms with E-state index in [0.29, 0.717) is 12.5 Å². The molecule has 0 amide bonds. The number of ether oxygens (including phenoxy) is 2. The van der Waals surface area contributed by atoms with E-state index < -0.39 is 0 Å². The summed E-state index contributed by atoms with van der Waals surface area (Å²) in [4.78, 5) is 4.86. The fourth-order valence-electron chi connectivity index (χ4n) is 3.99. The highest BCUT2D eigenvalue weighted by Crippen LogP contribution is 2.28. The van der Waals surface area contributed by atoms with Crippen LogP contribution in [0.3, 0.4) is 0 Å². The number of hydrogen-bond donors (Lipinski definition) is 0. The molecule has 0 radical (unpaired) electrons. The van der Waals surface area contributed by atoms with Crippen molar-refractivity contribution in [2.24, 2.45) is 0 Å². The second-order valence-electron chi connectivity index (χ2n) is 8.61. The van der Waals surface area contributed by atoms with Gasteiger partial charge in [0, 0.05) is 6.54 Å². The topological polar surface area (TPSA) is 36.3 Å². The summed E-state index contributed by atoms with van der Waals surface area (Å²) in [6, 6.07) is 22.8. The van der Waals surface area contributed by atoms with Gasteiger partial charge in [-0.1, -0.05) is 56.3 Å². The van der Waals surface area contributed by atoms with E-state index in [-0.39, 0.29) is 0 Å². The Morgan fingerprint density at radius 2 is 1.76 bits per heavy atom. The van der Waals surface area contributed by atoms with Crippen molar-refractivity contribution in [1.29, 1.82) is 0 Å². The lowest BCUT2D eigenvalue weighted by atomic mass is 10.0. The maximum atomic E-state index is 6.22. The maximum absolute atomic E-state index is 6.22. The second kappa shape index (κ2) is 10.4. The Morgan fingerprint density at radius 3 is 2.52 bits per heavy atom. The zero-order valence-electron chi connectivity index (χ0n) is 19.9. The minimum absolute atomic E-state index is 0.438. The molecule has 4 rings (SSSR count). The quantitative estimate of drug-likeness (QED) is 0.260. The smallest absolute Gasteiger partial charge is 0.133 e. The lowest BCUT2D eigenvalue weighted by molar-refractivity contribution is 0.298. The van der Waals surface area contributed by atoms with E-state index in [4.69, 9.17) is 14.5 Å². The average molecular weight is 441 g/mol. The molecule has 0 aliphatic rings. The third-order valence-electron chi connectivity index (χ3n) is 5.80. The number of para-hydroxylation sites is 2. The summed E-state index contributed by atoms with van der Waals surface area (Å²) in [5, 5.41) is 0. The van der Waals surface area contributed by atoms with Gasteiger partial charge in [-0.3, -0.25) is 0 Å². The van der Waals surface area contributed by atoms with Crippen LogP contribution in [0.15, 0.2) is 66.7 Å². The minimum Gasteiger partial charge on any atom is -0.497 e. The summed E-state index contributed by atoms with van der Waals surface area (Å²) in [6.45, 7) is 8.02. The molecule has 4 heteroatoms. The van der Waals surface area contributed by atoms with Crippen LogP contribution in [0.4, 0.5) is 0 Å². The largest absolute Gasteiger partial charge is 0.497 e. The molecule has 0 unspecified atom stereocenters. The average Bonchev–Trinajstić information content (AvgIpc) is 3.18. The van der Waals surface area contributed by atoms with Gasteiger partial charge in [-0.15, -0.1) is 0 Å². The fourth-order valence-corrected chi connectivity index (χ4v) is 3.99. The van der Waals surface area contributed by atoms with Gasteiger partial charge in [0.1, 0.15) is 17.3 Å². The highest BCUT2D eigenvalue weighted by atomic mass is 16.5. The standard InChI is InChI=1S/C29H32N2O2/c1-21(2)25-16-10-22(3)20-28(25)33-19-7-18-31-27-9-6-5-8-26(27)30-29(31)17-13-23-11-14-24(32-4)15-12-23/h5-6,8-17,20-21H,7,18-19H2,1-4H3/b17-13+. The number of methoxy groups -OCH3 is 1. The summed E-state index contributed by atoms with van der Waals surface area (Å²) in [6.07, 6.45) is 5.07. The molecular formula is C29H32N2O2.